The smallest absolute Gasteiger partial charge is 0.325 e. The highest BCUT2D eigenvalue weighted by Gasteiger charge is 2.32. The third-order valence-corrected chi connectivity index (χ3v) is 6.79. The van der Waals surface area contributed by atoms with Crippen LogP contribution < -0.4 is 20.5 Å². The zero-order valence-corrected chi connectivity index (χ0v) is 22.1. The van der Waals surface area contributed by atoms with Crippen LogP contribution in [0.5, 0.6) is 5.75 Å². The molecule has 1 aromatic heterocycles. The van der Waals surface area contributed by atoms with Crippen LogP contribution in [0.1, 0.15) is 32.8 Å². The molecular weight excluding hydrogens is 496 g/mol. The minimum atomic E-state index is -4.31. The van der Waals surface area contributed by atoms with Crippen LogP contribution in [0.4, 0.5) is 5.69 Å². The number of nitrogens with one attached hydrogen (secondary N) is 2. The van der Waals surface area contributed by atoms with Crippen LogP contribution in [-0.2, 0) is 30.8 Å². The van der Waals surface area contributed by atoms with E-state index in [0.717, 1.165) is 16.5 Å². The second kappa shape index (κ2) is 11.6. The minimum Gasteiger partial charge on any atom is -0.492 e. The van der Waals surface area contributed by atoms with Crippen LogP contribution >= 0.6 is 0 Å². The summed E-state index contributed by atoms with van der Waals surface area (Å²) in [6.07, 6.45) is 1.76. The van der Waals surface area contributed by atoms with Gasteiger partial charge >= 0.3 is 5.97 Å². The number of carbonyl (C=O) groups excluding carboxylic acids is 2. The summed E-state index contributed by atoms with van der Waals surface area (Å²) in [6.45, 7) is 5.10. The standard InChI is InChI=1S/C26H32N4O6S/c1-26(2,3)36-25(32)21(16-24(31)28-4)30-37(33,34)23-11-10-18(27)15-22(23)35-14-12-17-7-5-9-20-19(17)8-6-13-29-20/h5-11,13,15,21,30H,12,14,16,27H2,1-4H3,(H,28,31). The van der Waals surface area contributed by atoms with E-state index in [0.29, 0.717) is 12.1 Å². The van der Waals surface area contributed by atoms with E-state index in [-0.39, 0.29) is 17.3 Å². The summed E-state index contributed by atoms with van der Waals surface area (Å²) >= 11 is 0. The summed E-state index contributed by atoms with van der Waals surface area (Å²) in [7, 11) is -2.92. The second-order valence-electron chi connectivity index (χ2n) is 9.38. The number of nitrogen functional groups attached to an aromatic ring is 1. The molecule has 0 saturated carbocycles. The van der Waals surface area contributed by atoms with E-state index in [4.69, 9.17) is 15.2 Å². The Morgan fingerprint density at radius 3 is 2.57 bits per heavy atom. The first-order chi connectivity index (χ1) is 17.4. The molecule has 0 aliphatic carbocycles. The molecule has 1 heterocycles. The Morgan fingerprint density at radius 1 is 1.11 bits per heavy atom. The number of esters is 1. The van der Waals surface area contributed by atoms with Crippen molar-refractivity contribution >= 4 is 38.5 Å². The summed E-state index contributed by atoms with van der Waals surface area (Å²) in [5.41, 5.74) is 7.17. The summed E-state index contributed by atoms with van der Waals surface area (Å²) in [4.78, 5) is 28.8. The number of hydrogen-bond donors (Lipinski definition) is 3. The van der Waals surface area contributed by atoms with E-state index in [2.05, 4.69) is 15.0 Å². The van der Waals surface area contributed by atoms with Crippen LogP contribution in [0, 0.1) is 0 Å². The number of carbonyl (C=O) groups is 2. The molecular formula is C26H32N4O6S. The Kier molecular flexibility index (Phi) is 8.72. The lowest BCUT2D eigenvalue weighted by molar-refractivity contribution is -0.158. The fourth-order valence-electron chi connectivity index (χ4n) is 3.60. The van der Waals surface area contributed by atoms with Gasteiger partial charge in [-0.2, -0.15) is 4.72 Å². The number of benzene rings is 2. The number of ether oxygens (including phenoxy) is 2. The number of pyridine rings is 1. The maximum absolute atomic E-state index is 13.3. The molecule has 10 nitrogen and oxygen atoms in total. The van der Waals surface area contributed by atoms with Gasteiger partial charge in [0.05, 0.1) is 18.5 Å². The highest BCUT2D eigenvalue weighted by atomic mass is 32.2. The summed E-state index contributed by atoms with van der Waals surface area (Å²) in [5.74, 6) is -1.38. The van der Waals surface area contributed by atoms with Gasteiger partial charge < -0.3 is 20.5 Å². The van der Waals surface area contributed by atoms with Crippen molar-refractivity contribution in [2.75, 3.05) is 19.4 Å². The zero-order chi connectivity index (χ0) is 27.2. The lowest BCUT2D eigenvalue weighted by Gasteiger charge is -2.24. The van der Waals surface area contributed by atoms with E-state index in [1.807, 2.05) is 30.3 Å². The highest BCUT2D eigenvalue weighted by Crippen LogP contribution is 2.28. The maximum Gasteiger partial charge on any atom is 0.325 e. The summed E-state index contributed by atoms with van der Waals surface area (Å²) in [6, 6.07) is 12.2. The molecule has 0 aliphatic heterocycles. The number of nitrogens with two attached hydrogens (primary N) is 1. The monoisotopic (exact) mass is 528 g/mol. The van der Waals surface area contributed by atoms with Crippen molar-refractivity contribution in [3.8, 4) is 5.75 Å². The van der Waals surface area contributed by atoms with Crippen molar-refractivity contribution in [3.63, 3.8) is 0 Å². The minimum absolute atomic E-state index is 0.0220. The van der Waals surface area contributed by atoms with Gasteiger partial charge in [-0.1, -0.05) is 18.2 Å². The molecule has 1 amide bonds. The number of nitrogens with zero attached hydrogens (tertiary/aromatic N) is 1. The van der Waals surface area contributed by atoms with Crippen LogP contribution in [0.25, 0.3) is 10.9 Å². The molecule has 1 atom stereocenters. The highest BCUT2D eigenvalue weighted by molar-refractivity contribution is 7.89. The molecule has 0 radical (unpaired) electrons. The predicted octanol–water partition coefficient (Wildman–Crippen LogP) is 2.56. The Morgan fingerprint density at radius 2 is 1.86 bits per heavy atom. The van der Waals surface area contributed by atoms with Gasteiger partial charge in [0, 0.05) is 36.8 Å². The second-order valence-corrected chi connectivity index (χ2v) is 11.1. The van der Waals surface area contributed by atoms with E-state index in [1.54, 1.807) is 27.0 Å². The molecule has 37 heavy (non-hydrogen) atoms. The SMILES string of the molecule is CNC(=O)CC(NS(=O)(=O)c1ccc(N)cc1OCCc1cccc2ncccc12)C(=O)OC(C)(C)C. The normalized spacial score (nSPS) is 12.6. The average molecular weight is 529 g/mol. The number of hydrogen-bond acceptors (Lipinski definition) is 8. The number of aromatic nitrogens is 1. The largest absolute Gasteiger partial charge is 0.492 e. The number of amides is 1. The van der Waals surface area contributed by atoms with Gasteiger partial charge in [0.15, 0.2) is 0 Å². The van der Waals surface area contributed by atoms with E-state index in [1.165, 1.54) is 25.2 Å². The number of fused-ring (bicyclic) bond motifs is 1. The third kappa shape index (κ3) is 7.64. The van der Waals surface area contributed by atoms with Crippen LogP contribution in [0.15, 0.2) is 59.6 Å². The molecule has 1 unspecified atom stereocenters. The van der Waals surface area contributed by atoms with Gasteiger partial charge in [0.1, 0.15) is 22.3 Å². The number of sulfonamides is 1. The fraction of sp³-hybridized carbons (Fsp3) is 0.346. The van der Waals surface area contributed by atoms with Gasteiger partial charge in [-0.25, -0.2) is 8.42 Å². The molecule has 0 saturated heterocycles. The fourth-order valence-corrected chi connectivity index (χ4v) is 4.91. The number of anilines is 1. The molecule has 2 aromatic carbocycles. The van der Waals surface area contributed by atoms with Crippen molar-refractivity contribution < 1.29 is 27.5 Å². The Balaban J connectivity index is 1.83. The molecule has 0 fully saturated rings. The molecule has 3 rings (SSSR count). The van der Waals surface area contributed by atoms with Crippen LogP contribution in [-0.4, -0.2) is 50.6 Å². The third-order valence-electron chi connectivity index (χ3n) is 5.28. The van der Waals surface area contributed by atoms with Gasteiger partial charge in [-0.15, -0.1) is 0 Å². The van der Waals surface area contributed by atoms with Crippen molar-refractivity contribution in [1.82, 2.24) is 15.0 Å². The van der Waals surface area contributed by atoms with Gasteiger partial charge in [0.2, 0.25) is 15.9 Å². The van der Waals surface area contributed by atoms with Gasteiger partial charge in [-0.05, 0) is 50.6 Å². The Hall–Kier alpha value is -3.70. The van der Waals surface area contributed by atoms with Gasteiger partial charge in [0.25, 0.3) is 0 Å². The predicted molar refractivity (Wildman–Crippen MR) is 140 cm³/mol. The lowest BCUT2D eigenvalue weighted by Crippen LogP contribution is -2.46. The average Bonchev–Trinajstić information content (AvgIpc) is 2.82. The van der Waals surface area contributed by atoms with E-state index < -0.39 is 40.0 Å². The van der Waals surface area contributed by atoms with Gasteiger partial charge in [-0.3, -0.25) is 14.6 Å². The molecule has 3 aromatic rings. The topological polar surface area (TPSA) is 150 Å². The zero-order valence-electron chi connectivity index (χ0n) is 21.3. The summed E-state index contributed by atoms with van der Waals surface area (Å²) < 4.78 is 40.2. The Labute approximate surface area is 216 Å². The van der Waals surface area contributed by atoms with Crippen LogP contribution in [0.3, 0.4) is 0 Å². The van der Waals surface area contributed by atoms with Crippen molar-refractivity contribution in [1.29, 1.82) is 0 Å². The first-order valence-electron chi connectivity index (χ1n) is 11.7. The first kappa shape index (κ1) is 27.9. The molecule has 0 aliphatic rings. The van der Waals surface area contributed by atoms with Crippen molar-refractivity contribution in [2.24, 2.45) is 0 Å². The maximum atomic E-state index is 13.3. The summed E-state index contributed by atoms with van der Waals surface area (Å²) in [5, 5.41) is 3.36. The van der Waals surface area contributed by atoms with E-state index >= 15 is 0 Å². The molecule has 0 spiro atoms. The van der Waals surface area contributed by atoms with E-state index in [9.17, 15) is 18.0 Å². The van der Waals surface area contributed by atoms with Crippen molar-refractivity contribution in [2.45, 2.75) is 50.2 Å². The Bertz CT molecular complexity index is 1380. The number of rotatable bonds is 10. The molecule has 0 bridgehead atoms. The first-order valence-corrected chi connectivity index (χ1v) is 13.2. The quantitative estimate of drug-likeness (QED) is 0.268. The van der Waals surface area contributed by atoms with Crippen LogP contribution in [0.2, 0.25) is 0 Å². The molecule has 198 valence electrons. The molecule has 4 N–H and O–H groups in total. The van der Waals surface area contributed by atoms with Crippen molar-refractivity contribution in [3.05, 3.63) is 60.3 Å². The lowest BCUT2D eigenvalue weighted by atomic mass is 10.1. The molecule has 11 heteroatoms.